The summed E-state index contributed by atoms with van der Waals surface area (Å²) in [5.74, 6) is 0.309. The zero-order chi connectivity index (χ0) is 20.6. The fraction of sp³-hybridized carbons (Fsp3) is 0.500. The lowest BCUT2D eigenvalue weighted by Crippen LogP contribution is -2.53. The third-order valence-corrected chi connectivity index (χ3v) is 6.31. The van der Waals surface area contributed by atoms with Gasteiger partial charge in [-0.05, 0) is 32.0 Å². The normalized spacial score (nSPS) is 24.4. The Labute approximate surface area is 178 Å². The van der Waals surface area contributed by atoms with Crippen LogP contribution < -0.4 is 4.74 Å². The van der Waals surface area contributed by atoms with E-state index in [9.17, 15) is 9.90 Å². The van der Waals surface area contributed by atoms with E-state index in [2.05, 4.69) is 4.98 Å². The topological polar surface area (TPSA) is 81.1 Å². The Morgan fingerprint density at radius 1 is 1.52 bits per heavy atom. The van der Waals surface area contributed by atoms with Crippen molar-refractivity contribution in [3.8, 4) is 5.75 Å². The zero-order valence-electron chi connectivity index (χ0n) is 16.3. The van der Waals surface area contributed by atoms with Gasteiger partial charge in [-0.15, -0.1) is 11.3 Å². The predicted octanol–water partition coefficient (Wildman–Crippen LogP) is 3.06. The Morgan fingerprint density at radius 3 is 3.03 bits per heavy atom. The second-order valence-electron chi connectivity index (χ2n) is 7.89. The summed E-state index contributed by atoms with van der Waals surface area (Å²) in [5.41, 5.74) is -1.07. The van der Waals surface area contributed by atoms with Gasteiger partial charge in [0.05, 0.1) is 17.2 Å². The number of fused-ring (bicyclic) bond motifs is 1. The molecule has 4 rings (SSSR count). The highest BCUT2D eigenvalue weighted by atomic mass is 35.5. The van der Waals surface area contributed by atoms with Gasteiger partial charge >= 0.3 is 0 Å². The Bertz CT molecular complexity index is 885. The SMILES string of the molecule is CC(C)(O)COc1ccc(C(=O)N2CC[C@]3(c4nccs4)OCOC3C2)cc1Cl. The van der Waals surface area contributed by atoms with E-state index < -0.39 is 11.2 Å². The largest absolute Gasteiger partial charge is 0.489 e. The fourth-order valence-electron chi connectivity index (χ4n) is 3.59. The highest BCUT2D eigenvalue weighted by molar-refractivity contribution is 7.09. The molecule has 2 aliphatic heterocycles. The molecule has 2 saturated heterocycles. The number of likely N-dealkylation sites (tertiary alicyclic amines) is 1. The van der Waals surface area contributed by atoms with Crippen LogP contribution in [0, 0.1) is 0 Å². The minimum Gasteiger partial charge on any atom is -0.489 e. The van der Waals surface area contributed by atoms with Crippen molar-refractivity contribution in [2.24, 2.45) is 0 Å². The molecule has 0 saturated carbocycles. The standard InChI is InChI=1S/C20H23ClN2O5S/c1-19(2,25)11-26-15-4-3-13(9-14(15)21)17(24)23-7-5-20(18-22-6-8-29-18)16(10-23)27-12-28-20/h3-4,6,8-9,16,25H,5,7,10-12H2,1-2H3/t16?,20-/m0/s1. The third kappa shape index (κ3) is 4.13. The molecular weight excluding hydrogens is 416 g/mol. The molecule has 9 heteroatoms. The van der Waals surface area contributed by atoms with Crippen molar-refractivity contribution < 1.29 is 24.1 Å². The lowest BCUT2D eigenvalue weighted by Gasteiger charge is -2.40. The van der Waals surface area contributed by atoms with Crippen LogP contribution in [0.15, 0.2) is 29.8 Å². The zero-order valence-corrected chi connectivity index (χ0v) is 17.8. The van der Waals surface area contributed by atoms with Crippen molar-refractivity contribution in [2.45, 2.75) is 37.6 Å². The first-order valence-electron chi connectivity index (χ1n) is 9.38. The minimum absolute atomic E-state index is 0.101. The number of hydrogen-bond acceptors (Lipinski definition) is 7. The minimum atomic E-state index is -0.973. The molecule has 1 aromatic heterocycles. The van der Waals surface area contributed by atoms with Gasteiger partial charge in [0.2, 0.25) is 0 Å². The molecule has 1 N–H and O–H groups in total. The number of ether oxygens (including phenoxy) is 3. The number of carbonyl (C=O) groups is 1. The number of piperidine rings is 1. The van der Waals surface area contributed by atoms with Crippen LogP contribution in [-0.4, -0.2) is 59.1 Å². The van der Waals surface area contributed by atoms with Crippen LogP contribution >= 0.6 is 22.9 Å². The second kappa shape index (κ2) is 7.85. The fourth-order valence-corrected chi connectivity index (χ4v) is 4.69. The number of nitrogens with zero attached hydrogens (tertiary/aromatic N) is 2. The number of halogens is 1. The second-order valence-corrected chi connectivity index (χ2v) is 9.19. The first kappa shape index (κ1) is 20.6. The van der Waals surface area contributed by atoms with Gasteiger partial charge in [-0.25, -0.2) is 4.98 Å². The van der Waals surface area contributed by atoms with Gasteiger partial charge in [-0.2, -0.15) is 0 Å². The van der Waals surface area contributed by atoms with E-state index in [-0.39, 0.29) is 25.4 Å². The summed E-state index contributed by atoms with van der Waals surface area (Å²) in [6.07, 6.45) is 2.13. The summed E-state index contributed by atoms with van der Waals surface area (Å²) in [4.78, 5) is 19.2. The number of carbonyl (C=O) groups excluding carboxylic acids is 1. The van der Waals surface area contributed by atoms with Crippen LogP contribution in [0.2, 0.25) is 5.02 Å². The van der Waals surface area contributed by atoms with E-state index in [1.54, 1.807) is 54.5 Å². The first-order valence-corrected chi connectivity index (χ1v) is 10.6. The third-order valence-electron chi connectivity index (χ3n) is 5.09. The number of benzene rings is 1. The Hall–Kier alpha value is -1.71. The monoisotopic (exact) mass is 438 g/mol. The molecular formula is C20H23ClN2O5S. The molecule has 0 aliphatic carbocycles. The Morgan fingerprint density at radius 2 is 2.34 bits per heavy atom. The van der Waals surface area contributed by atoms with E-state index in [1.165, 1.54) is 0 Å². The van der Waals surface area contributed by atoms with Crippen molar-refractivity contribution >= 4 is 28.8 Å². The van der Waals surface area contributed by atoms with Gasteiger partial charge in [0.15, 0.2) is 5.60 Å². The predicted molar refractivity (Wildman–Crippen MR) is 108 cm³/mol. The van der Waals surface area contributed by atoms with Crippen LogP contribution in [0.25, 0.3) is 0 Å². The van der Waals surface area contributed by atoms with E-state index in [0.29, 0.717) is 35.8 Å². The van der Waals surface area contributed by atoms with E-state index in [4.69, 9.17) is 25.8 Å². The Kier molecular flexibility index (Phi) is 5.56. The van der Waals surface area contributed by atoms with Gasteiger partial charge in [-0.1, -0.05) is 11.6 Å². The van der Waals surface area contributed by atoms with Crippen molar-refractivity contribution in [2.75, 3.05) is 26.5 Å². The molecule has 0 radical (unpaired) electrons. The molecule has 1 aromatic carbocycles. The maximum atomic E-state index is 13.0. The van der Waals surface area contributed by atoms with Gasteiger partial charge in [-0.3, -0.25) is 4.79 Å². The maximum absolute atomic E-state index is 13.0. The highest BCUT2D eigenvalue weighted by Crippen LogP contribution is 2.43. The quantitative estimate of drug-likeness (QED) is 0.772. The molecule has 0 bridgehead atoms. The molecule has 3 heterocycles. The van der Waals surface area contributed by atoms with Gasteiger partial charge < -0.3 is 24.2 Å². The number of thiazole rings is 1. The number of hydrogen-bond donors (Lipinski definition) is 1. The van der Waals surface area contributed by atoms with Gasteiger partial charge in [0.25, 0.3) is 5.91 Å². The van der Waals surface area contributed by atoms with E-state index in [1.807, 2.05) is 5.38 Å². The van der Waals surface area contributed by atoms with Crippen molar-refractivity contribution in [3.63, 3.8) is 0 Å². The van der Waals surface area contributed by atoms with Gasteiger partial charge in [0.1, 0.15) is 30.3 Å². The molecule has 156 valence electrons. The van der Waals surface area contributed by atoms with Crippen LogP contribution in [0.5, 0.6) is 5.75 Å². The van der Waals surface area contributed by atoms with Crippen molar-refractivity contribution in [3.05, 3.63) is 45.4 Å². The summed E-state index contributed by atoms with van der Waals surface area (Å²) in [6, 6.07) is 4.93. The lowest BCUT2D eigenvalue weighted by molar-refractivity contribution is -0.0440. The number of rotatable bonds is 5. The highest BCUT2D eigenvalue weighted by Gasteiger charge is 2.52. The molecule has 2 fully saturated rings. The maximum Gasteiger partial charge on any atom is 0.254 e. The van der Waals surface area contributed by atoms with E-state index in [0.717, 1.165) is 5.01 Å². The van der Waals surface area contributed by atoms with Crippen LogP contribution in [0.4, 0.5) is 0 Å². The van der Waals surface area contributed by atoms with Crippen molar-refractivity contribution in [1.82, 2.24) is 9.88 Å². The van der Waals surface area contributed by atoms with Crippen LogP contribution in [0.3, 0.4) is 0 Å². The Balaban J connectivity index is 1.46. The summed E-state index contributed by atoms with van der Waals surface area (Å²) in [7, 11) is 0. The van der Waals surface area contributed by atoms with Crippen LogP contribution in [0.1, 0.15) is 35.6 Å². The summed E-state index contributed by atoms with van der Waals surface area (Å²) in [5, 5.41) is 12.9. The molecule has 2 aromatic rings. The number of aliphatic hydroxyl groups is 1. The molecule has 1 amide bonds. The average molecular weight is 439 g/mol. The summed E-state index contributed by atoms with van der Waals surface area (Å²) >= 11 is 7.83. The van der Waals surface area contributed by atoms with Gasteiger partial charge in [0, 0.05) is 30.1 Å². The number of aromatic nitrogens is 1. The first-order chi connectivity index (χ1) is 13.8. The van der Waals surface area contributed by atoms with E-state index >= 15 is 0 Å². The average Bonchev–Trinajstić information content (AvgIpc) is 3.35. The molecule has 29 heavy (non-hydrogen) atoms. The lowest BCUT2D eigenvalue weighted by atomic mass is 9.89. The molecule has 0 spiro atoms. The summed E-state index contributed by atoms with van der Waals surface area (Å²) in [6.45, 7) is 4.56. The smallest absolute Gasteiger partial charge is 0.254 e. The number of amides is 1. The molecule has 1 unspecified atom stereocenters. The molecule has 7 nitrogen and oxygen atoms in total. The van der Waals surface area contributed by atoms with Crippen LogP contribution in [-0.2, 0) is 15.1 Å². The molecule has 2 atom stereocenters. The van der Waals surface area contributed by atoms with Crippen molar-refractivity contribution in [1.29, 1.82) is 0 Å². The summed E-state index contributed by atoms with van der Waals surface area (Å²) < 4.78 is 17.3. The molecule has 2 aliphatic rings.